The van der Waals surface area contributed by atoms with Crippen LogP contribution in [0.5, 0.6) is 0 Å². The third-order valence-corrected chi connectivity index (χ3v) is 5.25. The number of amides is 2. The van der Waals surface area contributed by atoms with Gasteiger partial charge in [-0.1, -0.05) is 26.0 Å². The van der Waals surface area contributed by atoms with Gasteiger partial charge in [-0.2, -0.15) is 5.10 Å². The number of hydrogen-bond acceptors (Lipinski definition) is 3. The van der Waals surface area contributed by atoms with Crippen LogP contribution >= 0.6 is 0 Å². The number of benzene rings is 1. The molecule has 2 aromatic rings. The molecule has 1 saturated heterocycles. The lowest BCUT2D eigenvalue weighted by molar-refractivity contribution is -0.134. The number of carbonyl (C=O) groups is 2. The Kier molecular flexibility index (Phi) is 6.11. The van der Waals surface area contributed by atoms with Crippen molar-refractivity contribution in [3.63, 3.8) is 0 Å². The van der Waals surface area contributed by atoms with Gasteiger partial charge in [0.2, 0.25) is 5.91 Å². The van der Waals surface area contributed by atoms with Crippen molar-refractivity contribution in [3.05, 3.63) is 53.6 Å². The smallest absolute Gasteiger partial charge is 0.257 e. The Hall–Kier alpha value is -2.70. The molecular formula is C21H27FN4O2. The molecule has 1 aromatic heterocycles. The van der Waals surface area contributed by atoms with Gasteiger partial charge in [-0.25, -0.2) is 4.39 Å². The molecule has 28 heavy (non-hydrogen) atoms. The molecule has 1 aliphatic heterocycles. The van der Waals surface area contributed by atoms with Crippen LogP contribution in [-0.4, -0.2) is 50.5 Å². The van der Waals surface area contributed by atoms with Crippen LogP contribution in [0.4, 0.5) is 4.39 Å². The molecule has 0 unspecified atom stereocenters. The fourth-order valence-corrected chi connectivity index (χ4v) is 3.55. The van der Waals surface area contributed by atoms with E-state index in [1.165, 1.54) is 12.1 Å². The highest BCUT2D eigenvalue weighted by Gasteiger charge is 2.34. The van der Waals surface area contributed by atoms with Crippen molar-refractivity contribution in [2.75, 3.05) is 13.1 Å². The van der Waals surface area contributed by atoms with Crippen LogP contribution in [0.2, 0.25) is 0 Å². The Morgan fingerprint density at radius 3 is 2.61 bits per heavy atom. The van der Waals surface area contributed by atoms with Crippen LogP contribution < -0.4 is 0 Å². The molecule has 1 aliphatic rings. The summed E-state index contributed by atoms with van der Waals surface area (Å²) in [5, 5.41) is 4.18. The minimum atomic E-state index is -0.296. The maximum atomic E-state index is 13.2. The van der Waals surface area contributed by atoms with Crippen LogP contribution in [0.25, 0.3) is 0 Å². The fourth-order valence-electron chi connectivity index (χ4n) is 3.55. The topological polar surface area (TPSA) is 58.4 Å². The average molecular weight is 386 g/mol. The second kappa shape index (κ2) is 8.54. The summed E-state index contributed by atoms with van der Waals surface area (Å²) in [6, 6.07) is 6.11. The van der Waals surface area contributed by atoms with Crippen molar-refractivity contribution in [2.45, 2.75) is 46.3 Å². The summed E-state index contributed by atoms with van der Waals surface area (Å²) < 4.78 is 14.9. The van der Waals surface area contributed by atoms with Crippen LogP contribution in [-0.2, 0) is 17.9 Å². The van der Waals surface area contributed by atoms with Gasteiger partial charge in [0.05, 0.1) is 17.8 Å². The number of aryl methyl sites for hydroxylation is 1. The summed E-state index contributed by atoms with van der Waals surface area (Å²) in [6.45, 7) is 8.05. The lowest BCUT2D eigenvalue weighted by Crippen LogP contribution is -2.47. The van der Waals surface area contributed by atoms with Crippen molar-refractivity contribution in [1.29, 1.82) is 0 Å². The molecule has 1 fully saturated rings. The number of carbonyl (C=O) groups excluding carboxylic acids is 2. The van der Waals surface area contributed by atoms with Gasteiger partial charge in [-0.05, 0) is 30.5 Å². The molecule has 0 N–H and O–H groups in total. The predicted molar refractivity (Wildman–Crippen MR) is 104 cm³/mol. The van der Waals surface area contributed by atoms with E-state index in [0.29, 0.717) is 31.7 Å². The van der Waals surface area contributed by atoms with Crippen LogP contribution in [0.15, 0.2) is 36.7 Å². The molecule has 0 aliphatic carbocycles. The summed E-state index contributed by atoms with van der Waals surface area (Å²) in [4.78, 5) is 29.4. The third kappa shape index (κ3) is 4.40. The Labute approximate surface area is 164 Å². The highest BCUT2D eigenvalue weighted by Crippen LogP contribution is 2.22. The lowest BCUT2D eigenvalue weighted by atomic mass is 10.0. The Morgan fingerprint density at radius 2 is 2.00 bits per heavy atom. The Bertz CT molecular complexity index is 831. The summed E-state index contributed by atoms with van der Waals surface area (Å²) in [5.74, 6) is -0.198. The van der Waals surface area contributed by atoms with Gasteiger partial charge in [0.1, 0.15) is 5.82 Å². The van der Waals surface area contributed by atoms with Gasteiger partial charge >= 0.3 is 0 Å². The van der Waals surface area contributed by atoms with Crippen LogP contribution in [0.3, 0.4) is 0 Å². The maximum absolute atomic E-state index is 13.2. The molecule has 0 radical (unpaired) electrons. The van der Waals surface area contributed by atoms with E-state index in [2.05, 4.69) is 18.9 Å². The predicted octanol–water partition coefficient (Wildman–Crippen LogP) is 2.94. The first kappa shape index (κ1) is 20.0. The monoisotopic (exact) mass is 386 g/mol. The zero-order valence-corrected chi connectivity index (χ0v) is 16.6. The summed E-state index contributed by atoms with van der Waals surface area (Å²) in [6.07, 6.45) is 3.60. The van der Waals surface area contributed by atoms with Crippen molar-refractivity contribution in [3.8, 4) is 0 Å². The molecule has 6 nitrogen and oxygen atoms in total. The summed E-state index contributed by atoms with van der Waals surface area (Å²) in [7, 11) is 0. The average Bonchev–Trinajstić information content (AvgIpc) is 3.10. The SMILES string of the molecule is CCn1cc(C(=O)N2CCC(=O)N(Cc3ccc(F)cc3)[C@H](C(C)C)C2)cn1. The van der Waals surface area contributed by atoms with E-state index in [1.807, 2.05) is 11.8 Å². The second-order valence-corrected chi connectivity index (χ2v) is 7.55. The number of aromatic nitrogens is 2. The molecule has 2 amide bonds. The second-order valence-electron chi connectivity index (χ2n) is 7.55. The highest BCUT2D eigenvalue weighted by molar-refractivity contribution is 5.94. The minimum absolute atomic E-state index is 0.0163. The van der Waals surface area contributed by atoms with Crippen molar-refractivity contribution in [2.24, 2.45) is 5.92 Å². The molecule has 0 saturated carbocycles. The van der Waals surface area contributed by atoms with Crippen molar-refractivity contribution in [1.82, 2.24) is 19.6 Å². The van der Waals surface area contributed by atoms with E-state index in [0.717, 1.165) is 5.56 Å². The van der Waals surface area contributed by atoms with Gasteiger partial charge in [0.25, 0.3) is 5.91 Å². The van der Waals surface area contributed by atoms with Gasteiger partial charge in [0, 0.05) is 38.8 Å². The van der Waals surface area contributed by atoms with Gasteiger partial charge in [-0.15, -0.1) is 0 Å². The van der Waals surface area contributed by atoms with Gasteiger partial charge < -0.3 is 9.80 Å². The number of nitrogens with zero attached hydrogens (tertiary/aromatic N) is 4. The zero-order chi connectivity index (χ0) is 20.3. The van der Waals surface area contributed by atoms with E-state index in [-0.39, 0.29) is 36.0 Å². The molecule has 1 aromatic carbocycles. The fraction of sp³-hybridized carbons (Fsp3) is 0.476. The number of halogens is 1. The van der Waals surface area contributed by atoms with Crippen LogP contribution in [0.1, 0.15) is 43.1 Å². The zero-order valence-electron chi connectivity index (χ0n) is 16.6. The van der Waals surface area contributed by atoms with E-state index in [1.54, 1.807) is 34.1 Å². The first-order valence-corrected chi connectivity index (χ1v) is 9.74. The third-order valence-electron chi connectivity index (χ3n) is 5.25. The molecule has 0 bridgehead atoms. The van der Waals surface area contributed by atoms with Gasteiger partial charge in [-0.3, -0.25) is 14.3 Å². The molecular weight excluding hydrogens is 359 g/mol. The summed E-state index contributed by atoms with van der Waals surface area (Å²) in [5.41, 5.74) is 1.42. The normalized spacial score (nSPS) is 17.9. The molecule has 0 spiro atoms. The Balaban J connectivity index is 1.80. The standard InChI is InChI=1S/C21H27FN4O2/c1-4-25-13-17(11-23-25)21(28)24-10-9-20(27)26(19(14-24)15(2)3)12-16-5-7-18(22)8-6-16/h5-8,11,13,15,19H,4,9-10,12,14H2,1-3H3/t19-/m0/s1. The molecule has 7 heteroatoms. The number of hydrogen-bond donors (Lipinski definition) is 0. The molecule has 150 valence electrons. The first-order chi connectivity index (χ1) is 13.4. The van der Waals surface area contributed by atoms with Gasteiger partial charge in [0.15, 0.2) is 0 Å². The number of rotatable bonds is 5. The minimum Gasteiger partial charge on any atom is -0.336 e. The van der Waals surface area contributed by atoms with E-state index in [9.17, 15) is 14.0 Å². The van der Waals surface area contributed by atoms with Crippen LogP contribution in [0, 0.1) is 11.7 Å². The molecule has 1 atom stereocenters. The largest absolute Gasteiger partial charge is 0.336 e. The quantitative estimate of drug-likeness (QED) is 0.794. The highest BCUT2D eigenvalue weighted by atomic mass is 19.1. The Morgan fingerprint density at radius 1 is 1.29 bits per heavy atom. The van der Waals surface area contributed by atoms with Crippen molar-refractivity contribution < 1.29 is 14.0 Å². The molecule has 2 heterocycles. The molecule has 3 rings (SSSR count). The van der Waals surface area contributed by atoms with E-state index < -0.39 is 0 Å². The first-order valence-electron chi connectivity index (χ1n) is 9.74. The maximum Gasteiger partial charge on any atom is 0.257 e. The summed E-state index contributed by atoms with van der Waals surface area (Å²) >= 11 is 0. The lowest BCUT2D eigenvalue weighted by Gasteiger charge is -2.34. The van der Waals surface area contributed by atoms with E-state index >= 15 is 0 Å². The van der Waals surface area contributed by atoms with E-state index in [4.69, 9.17) is 0 Å². The van der Waals surface area contributed by atoms with Crippen molar-refractivity contribution >= 4 is 11.8 Å².